The van der Waals surface area contributed by atoms with Gasteiger partial charge in [0, 0.05) is 41.7 Å². The van der Waals surface area contributed by atoms with Gasteiger partial charge in [0.05, 0.1) is 4.92 Å². The van der Waals surface area contributed by atoms with E-state index in [1.807, 2.05) is 17.0 Å². The maximum Gasteiger partial charge on any atom is 0.294 e. The first-order valence-corrected chi connectivity index (χ1v) is 9.92. The van der Waals surface area contributed by atoms with Gasteiger partial charge < -0.3 is 14.5 Å². The molecule has 2 aromatic rings. The Bertz CT molecular complexity index is 870. The lowest BCUT2D eigenvalue weighted by atomic mass is 10.2. The third-order valence-electron chi connectivity index (χ3n) is 4.54. The van der Waals surface area contributed by atoms with Crippen molar-refractivity contribution < 1.29 is 14.5 Å². The number of nitro benzene ring substituents is 1. The summed E-state index contributed by atoms with van der Waals surface area (Å²) in [5.74, 6) is 0.521. The molecule has 1 saturated heterocycles. The maximum atomic E-state index is 12.7. The molecule has 3 rings (SSSR count). The van der Waals surface area contributed by atoms with Crippen molar-refractivity contribution in [2.45, 2.75) is 13.0 Å². The van der Waals surface area contributed by atoms with Crippen LogP contribution in [0.15, 0.2) is 46.9 Å². The Kier molecular flexibility index (Phi) is 6.41. The molecule has 7 nitrogen and oxygen atoms in total. The highest BCUT2D eigenvalue weighted by molar-refractivity contribution is 9.10. The number of nitro groups is 1. The summed E-state index contributed by atoms with van der Waals surface area (Å²) in [5.41, 5.74) is 0.486. The van der Waals surface area contributed by atoms with Crippen LogP contribution >= 0.6 is 27.5 Å². The van der Waals surface area contributed by atoms with Gasteiger partial charge in [0.1, 0.15) is 11.4 Å². The van der Waals surface area contributed by atoms with E-state index in [1.165, 1.54) is 6.07 Å². The standard InChI is InChI=1S/C19H19BrClN3O4/c1-13(28-16-5-2-14(20)3-6-16)19(25)23-10-8-22(9-11-23)17-7-4-15(21)12-18(17)24(26)27/h2-7,12-13H,8-11H2,1H3. The fourth-order valence-electron chi connectivity index (χ4n) is 3.10. The number of rotatable bonds is 5. The molecule has 0 radical (unpaired) electrons. The Morgan fingerprint density at radius 1 is 1.18 bits per heavy atom. The molecule has 1 fully saturated rings. The zero-order valence-corrected chi connectivity index (χ0v) is 17.5. The minimum Gasteiger partial charge on any atom is -0.481 e. The van der Waals surface area contributed by atoms with Crippen LogP contribution in [-0.2, 0) is 4.79 Å². The predicted molar refractivity (Wildman–Crippen MR) is 111 cm³/mol. The van der Waals surface area contributed by atoms with E-state index in [0.29, 0.717) is 42.6 Å². The minimum absolute atomic E-state index is 0.0285. The molecule has 2 aromatic carbocycles. The molecule has 9 heteroatoms. The fraction of sp³-hybridized carbons (Fsp3) is 0.316. The van der Waals surface area contributed by atoms with Crippen LogP contribution in [0.1, 0.15) is 6.92 Å². The SMILES string of the molecule is CC(Oc1ccc(Br)cc1)C(=O)N1CCN(c2ccc(Cl)cc2[N+](=O)[O-])CC1. The van der Waals surface area contributed by atoms with Gasteiger partial charge in [0.2, 0.25) is 0 Å². The number of halogens is 2. The van der Waals surface area contributed by atoms with Crippen LogP contribution in [-0.4, -0.2) is 48.0 Å². The van der Waals surface area contributed by atoms with Gasteiger partial charge in [-0.1, -0.05) is 27.5 Å². The number of nitrogens with zero attached hydrogens (tertiary/aromatic N) is 3. The number of carbonyl (C=O) groups excluding carboxylic acids is 1. The number of anilines is 1. The molecule has 1 amide bonds. The molecule has 0 N–H and O–H groups in total. The second-order valence-corrected chi connectivity index (χ2v) is 7.77. The summed E-state index contributed by atoms with van der Waals surface area (Å²) in [6, 6.07) is 11.9. The zero-order chi connectivity index (χ0) is 20.3. The molecule has 0 bridgehead atoms. The van der Waals surface area contributed by atoms with Crippen LogP contribution in [0.4, 0.5) is 11.4 Å². The van der Waals surface area contributed by atoms with E-state index in [4.69, 9.17) is 16.3 Å². The number of carbonyl (C=O) groups is 1. The summed E-state index contributed by atoms with van der Waals surface area (Å²) >= 11 is 9.24. The second-order valence-electron chi connectivity index (χ2n) is 6.42. The summed E-state index contributed by atoms with van der Waals surface area (Å²) in [6.45, 7) is 3.65. The van der Waals surface area contributed by atoms with E-state index in [-0.39, 0.29) is 11.6 Å². The van der Waals surface area contributed by atoms with E-state index in [0.717, 1.165) is 4.47 Å². The monoisotopic (exact) mass is 467 g/mol. The first-order valence-electron chi connectivity index (χ1n) is 8.75. The topological polar surface area (TPSA) is 75.9 Å². The normalized spacial score (nSPS) is 15.2. The highest BCUT2D eigenvalue weighted by Gasteiger charge is 2.28. The van der Waals surface area contributed by atoms with Gasteiger partial charge in [0.15, 0.2) is 6.10 Å². The van der Waals surface area contributed by atoms with Crippen molar-refractivity contribution in [3.8, 4) is 5.75 Å². The van der Waals surface area contributed by atoms with E-state index in [1.54, 1.807) is 36.1 Å². The highest BCUT2D eigenvalue weighted by Crippen LogP contribution is 2.31. The Labute approximate surface area is 176 Å². The Morgan fingerprint density at radius 2 is 1.82 bits per heavy atom. The molecule has 1 atom stereocenters. The van der Waals surface area contributed by atoms with Crippen LogP contribution < -0.4 is 9.64 Å². The molecular formula is C19H19BrClN3O4. The van der Waals surface area contributed by atoms with Gasteiger partial charge in [-0.25, -0.2) is 0 Å². The predicted octanol–water partition coefficient (Wildman–Crippen LogP) is 4.13. The molecule has 28 heavy (non-hydrogen) atoms. The molecule has 0 saturated carbocycles. The lowest BCUT2D eigenvalue weighted by Crippen LogP contribution is -2.52. The van der Waals surface area contributed by atoms with Crippen molar-refractivity contribution in [2.75, 3.05) is 31.1 Å². The lowest BCUT2D eigenvalue weighted by Gasteiger charge is -2.36. The number of hydrogen-bond acceptors (Lipinski definition) is 5. The number of hydrogen-bond donors (Lipinski definition) is 0. The average molecular weight is 469 g/mol. The summed E-state index contributed by atoms with van der Waals surface area (Å²) < 4.78 is 6.67. The summed E-state index contributed by atoms with van der Waals surface area (Å²) in [7, 11) is 0. The number of amides is 1. The molecule has 1 aliphatic heterocycles. The van der Waals surface area contributed by atoms with Gasteiger partial charge in [0.25, 0.3) is 11.6 Å². The second kappa shape index (κ2) is 8.79. The Morgan fingerprint density at radius 3 is 2.43 bits per heavy atom. The highest BCUT2D eigenvalue weighted by atomic mass is 79.9. The van der Waals surface area contributed by atoms with Crippen LogP contribution in [0, 0.1) is 10.1 Å². The van der Waals surface area contributed by atoms with Gasteiger partial charge in [-0.05, 0) is 43.3 Å². The van der Waals surface area contributed by atoms with Crippen molar-refractivity contribution >= 4 is 44.8 Å². The first kappa shape index (κ1) is 20.4. The third-order valence-corrected chi connectivity index (χ3v) is 5.30. The number of benzene rings is 2. The average Bonchev–Trinajstić information content (AvgIpc) is 2.69. The van der Waals surface area contributed by atoms with E-state index in [9.17, 15) is 14.9 Å². The van der Waals surface area contributed by atoms with Crippen molar-refractivity contribution in [2.24, 2.45) is 0 Å². The quantitative estimate of drug-likeness (QED) is 0.487. The van der Waals surface area contributed by atoms with Gasteiger partial charge >= 0.3 is 0 Å². The summed E-state index contributed by atoms with van der Waals surface area (Å²) in [6.07, 6.45) is -0.613. The van der Waals surface area contributed by atoms with Crippen LogP contribution in [0.3, 0.4) is 0 Å². The maximum absolute atomic E-state index is 12.7. The van der Waals surface area contributed by atoms with Gasteiger partial charge in [-0.2, -0.15) is 0 Å². The molecule has 1 aliphatic rings. The molecule has 1 unspecified atom stereocenters. The molecule has 0 spiro atoms. The first-order chi connectivity index (χ1) is 13.3. The minimum atomic E-state index is -0.613. The zero-order valence-electron chi connectivity index (χ0n) is 15.2. The smallest absolute Gasteiger partial charge is 0.294 e. The van der Waals surface area contributed by atoms with Gasteiger partial charge in [-0.3, -0.25) is 14.9 Å². The third kappa shape index (κ3) is 4.74. The van der Waals surface area contributed by atoms with Gasteiger partial charge in [-0.15, -0.1) is 0 Å². The molecule has 148 valence electrons. The van der Waals surface area contributed by atoms with Crippen LogP contribution in [0.2, 0.25) is 5.02 Å². The Balaban J connectivity index is 1.61. The summed E-state index contributed by atoms with van der Waals surface area (Å²) in [4.78, 5) is 27.2. The summed E-state index contributed by atoms with van der Waals surface area (Å²) in [5, 5.41) is 11.6. The number of ether oxygens (including phenoxy) is 1. The molecule has 1 heterocycles. The van der Waals surface area contributed by atoms with E-state index in [2.05, 4.69) is 15.9 Å². The van der Waals surface area contributed by atoms with Crippen LogP contribution in [0.25, 0.3) is 0 Å². The lowest BCUT2D eigenvalue weighted by molar-refractivity contribution is -0.384. The van der Waals surface area contributed by atoms with E-state index >= 15 is 0 Å². The van der Waals surface area contributed by atoms with E-state index < -0.39 is 11.0 Å². The van der Waals surface area contributed by atoms with Crippen molar-refractivity contribution in [1.82, 2.24) is 4.90 Å². The van der Waals surface area contributed by atoms with Crippen LogP contribution in [0.5, 0.6) is 5.75 Å². The Hall–Kier alpha value is -2.32. The van der Waals surface area contributed by atoms with Crippen molar-refractivity contribution in [1.29, 1.82) is 0 Å². The molecular weight excluding hydrogens is 450 g/mol. The molecule has 0 aromatic heterocycles. The van der Waals surface area contributed by atoms with Crippen molar-refractivity contribution in [3.05, 3.63) is 62.1 Å². The number of piperazine rings is 1. The molecule has 0 aliphatic carbocycles. The van der Waals surface area contributed by atoms with Crippen molar-refractivity contribution in [3.63, 3.8) is 0 Å². The largest absolute Gasteiger partial charge is 0.481 e. The fourth-order valence-corrected chi connectivity index (χ4v) is 3.53.